The third-order valence-corrected chi connectivity index (χ3v) is 6.86. The van der Waals surface area contributed by atoms with Crippen molar-refractivity contribution in [2.75, 3.05) is 26.0 Å². The molecule has 1 aromatic rings. The molecular formula is C34H50N4O5. The van der Waals surface area contributed by atoms with E-state index in [9.17, 15) is 14.4 Å². The van der Waals surface area contributed by atoms with Gasteiger partial charge in [0.05, 0.1) is 36.3 Å². The molecule has 1 unspecified atom stereocenters. The fourth-order valence-electron chi connectivity index (χ4n) is 4.64. The Hall–Kier alpha value is -4.23. The molecule has 0 aromatic heterocycles. The summed E-state index contributed by atoms with van der Waals surface area (Å²) < 4.78 is 5.76. The summed E-state index contributed by atoms with van der Waals surface area (Å²) in [5.41, 5.74) is 6.11. The van der Waals surface area contributed by atoms with Crippen LogP contribution in [-0.4, -0.2) is 43.6 Å². The number of nitrogens with one attached hydrogen (secondary N) is 4. The lowest BCUT2D eigenvalue weighted by atomic mass is 9.96. The van der Waals surface area contributed by atoms with Crippen molar-refractivity contribution in [3.05, 3.63) is 78.0 Å². The molecule has 0 bridgehead atoms. The van der Waals surface area contributed by atoms with Crippen molar-refractivity contribution in [3.8, 4) is 5.75 Å². The summed E-state index contributed by atoms with van der Waals surface area (Å²) in [5, 5.41) is 20.4. The van der Waals surface area contributed by atoms with E-state index in [-0.39, 0.29) is 36.1 Å². The number of carboxylic acids is 1. The maximum atomic E-state index is 12.7. The Morgan fingerprint density at radius 3 is 2.37 bits per heavy atom. The van der Waals surface area contributed by atoms with Crippen molar-refractivity contribution < 1.29 is 24.2 Å². The molecule has 9 nitrogen and oxygen atoms in total. The number of carbonyl (C=O) groups is 3. The topological polar surface area (TPSA) is 129 Å². The molecule has 5 N–H and O–H groups in total. The van der Waals surface area contributed by atoms with Crippen LogP contribution in [0.25, 0.3) is 0 Å². The van der Waals surface area contributed by atoms with Crippen molar-refractivity contribution in [2.45, 2.75) is 78.1 Å². The van der Waals surface area contributed by atoms with Gasteiger partial charge in [-0.2, -0.15) is 0 Å². The Labute approximate surface area is 257 Å². The molecule has 1 rings (SSSR count). The molecular weight excluding hydrogens is 544 g/mol. The molecule has 0 aliphatic carbocycles. The molecule has 0 fully saturated rings. The van der Waals surface area contributed by atoms with Gasteiger partial charge in [0.25, 0.3) is 5.91 Å². The lowest BCUT2D eigenvalue weighted by molar-refractivity contribution is -0.137. The molecule has 0 aliphatic heterocycles. The number of benzene rings is 1. The van der Waals surface area contributed by atoms with Gasteiger partial charge in [-0.3, -0.25) is 14.4 Å². The Morgan fingerprint density at radius 1 is 1.09 bits per heavy atom. The first-order valence-electron chi connectivity index (χ1n) is 14.9. The van der Waals surface area contributed by atoms with Gasteiger partial charge in [0, 0.05) is 19.2 Å². The number of carbonyl (C=O) groups excluding carboxylic acids is 2. The number of ether oxygens (including phenoxy) is 1. The minimum absolute atomic E-state index is 0.00566. The van der Waals surface area contributed by atoms with Crippen LogP contribution < -0.4 is 26.0 Å². The first kappa shape index (κ1) is 36.8. The average molecular weight is 595 g/mol. The number of unbranched alkanes of at least 4 members (excludes halogenated alkanes) is 4. The zero-order valence-electron chi connectivity index (χ0n) is 26.4. The zero-order chi connectivity index (χ0) is 32.2. The number of methoxy groups -OCH3 is 1. The van der Waals surface area contributed by atoms with Crippen LogP contribution in [0, 0.1) is 5.92 Å². The van der Waals surface area contributed by atoms with Crippen LogP contribution in [0.4, 0.5) is 5.69 Å². The Balaban J connectivity index is 2.87. The van der Waals surface area contributed by atoms with Crippen LogP contribution in [0.1, 0.15) is 77.2 Å². The molecule has 2 amide bonds. The van der Waals surface area contributed by atoms with Gasteiger partial charge in [0.1, 0.15) is 5.75 Å². The molecule has 0 spiro atoms. The molecule has 1 atom stereocenters. The first-order valence-corrected chi connectivity index (χ1v) is 14.9. The molecule has 0 radical (unpaired) electrons. The maximum absolute atomic E-state index is 12.7. The smallest absolute Gasteiger partial charge is 0.303 e. The van der Waals surface area contributed by atoms with E-state index in [0.717, 1.165) is 56.2 Å². The summed E-state index contributed by atoms with van der Waals surface area (Å²) in [6.45, 7) is 16.0. The number of para-hydroxylation sites is 1. The van der Waals surface area contributed by atoms with Crippen LogP contribution >= 0.6 is 0 Å². The highest BCUT2D eigenvalue weighted by molar-refractivity contribution is 5.98. The number of aliphatic carboxylic acids is 1. The van der Waals surface area contributed by atoms with Crippen LogP contribution in [-0.2, 0) is 20.8 Å². The highest BCUT2D eigenvalue weighted by Gasteiger charge is 2.17. The lowest BCUT2D eigenvalue weighted by Crippen LogP contribution is -2.32. The largest absolute Gasteiger partial charge is 0.494 e. The molecule has 0 saturated carbocycles. The number of hydrogen-bond donors (Lipinski definition) is 5. The molecule has 0 heterocycles. The summed E-state index contributed by atoms with van der Waals surface area (Å²) >= 11 is 0. The van der Waals surface area contributed by atoms with E-state index in [2.05, 4.69) is 60.6 Å². The Kier molecular flexibility index (Phi) is 17.6. The van der Waals surface area contributed by atoms with Gasteiger partial charge in [0.2, 0.25) is 5.91 Å². The normalized spacial score (nSPS) is 11.5. The summed E-state index contributed by atoms with van der Waals surface area (Å²) in [6, 6.07) is 5.83. The van der Waals surface area contributed by atoms with E-state index in [1.54, 1.807) is 13.2 Å². The molecule has 0 saturated heterocycles. The monoisotopic (exact) mass is 594 g/mol. The molecule has 43 heavy (non-hydrogen) atoms. The van der Waals surface area contributed by atoms with E-state index in [1.807, 2.05) is 18.2 Å². The summed E-state index contributed by atoms with van der Waals surface area (Å²) in [4.78, 5) is 35.7. The third-order valence-electron chi connectivity index (χ3n) is 6.86. The first-order chi connectivity index (χ1) is 20.6. The second-order valence-corrected chi connectivity index (χ2v) is 10.6. The molecule has 236 valence electrons. The lowest BCUT2D eigenvalue weighted by Gasteiger charge is -2.20. The van der Waals surface area contributed by atoms with Crippen LogP contribution in [0.5, 0.6) is 5.75 Å². The van der Waals surface area contributed by atoms with Crippen molar-refractivity contribution in [3.63, 3.8) is 0 Å². The van der Waals surface area contributed by atoms with Gasteiger partial charge in [-0.15, -0.1) is 5.73 Å². The minimum atomic E-state index is -0.765. The van der Waals surface area contributed by atoms with Crippen molar-refractivity contribution in [1.29, 1.82) is 0 Å². The SMILES string of the molecule is C=C=C(CCCCCCCC(=O)O)NCC(=O)NC(=C)/C=C(/Nc1cccc(CC(C)CCC)c1OC)C(=C)C(=O)NC. The van der Waals surface area contributed by atoms with E-state index in [4.69, 9.17) is 9.84 Å². The number of rotatable bonds is 22. The van der Waals surface area contributed by atoms with E-state index in [1.165, 1.54) is 7.05 Å². The molecule has 1 aromatic carbocycles. The Bertz CT molecular complexity index is 1200. The van der Waals surface area contributed by atoms with E-state index >= 15 is 0 Å². The summed E-state index contributed by atoms with van der Waals surface area (Å²) in [6.07, 6.45) is 9.87. The predicted molar refractivity (Wildman–Crippen MR) is 174 cm³/mol. The van der Waals surface area contributed by atoms with Crippen LogP contribution in [0.15, 0.2) is 72.4 Å². The van der Waals surface area contributed by atoms with Gasteiger partial charge >= 0.3 is 5.97 Å². The second-order valence-electron chi connectivity index (χ2n) is 10.6. The summed E-state index contributed by atoms with van der Waals surface area (Å²) in [5.74, 6) is -0.297. The third kappa shape index (κ3) is 14.5. The number of anilines is 1. The number of amides is 2. The fourth-order valence-corrected chi connectivity index (χ4v) is 4.64. The maximum Gasteiger partial charge on any atom is 0.303 e. The number of allylic oxidation sites excluding steroid dienone is 2. The van der Waals surface area contributed by atoms with Crippen LogP contribution in [0.2, 0.25) is 0 Å². The molecule has 0 aliphatic rings. The van der Waals surface area contributed by atoms with Crippen molar-refractivity contribution in [1.82, 2.24) is 16.0 Å². The zero-order valence-corrected chi connectivity index (χ0v) is 26.4. The van der Waals surface area contributed by atoms with Crippen molar-refractivity contribution >= 4 is 23.5 Å². The van der Waals surface area contributed by atoms with Gasteiger partial charge < -0.3 is 31.1 Å². The van der Waals surface area contributed by atoms with Crippen molar-refractivity contribution in [2.24, 2.45) is 5.92 Å². The standard InChI is InChI=1S/C34H50N4O5/c1-8-16-24(3)21-27-17-15-19-29(33(27)43-7)38-30(26(5)34(42)35-6)22-25(4)37-31(39)23-36-28(9-2)18-13-11-10-12-14-20-32(40)41/h15,17,19,22,24,36,38H,2,4-5,8,10-14,16,18,20-21,23H2,1,3,6-7H3,(H,35,42)(H,37,39)(H,40,41)/b30-22+. The predicted octanol–water partition coefficient (Wildman–Crippen LogP) is 5.98. The average Bonchev–Trinajstić information content (AvgIpc) is 2.97. The van der Waals surface area contributed by atoms with E-state index < -0.39 is 5.97 Å². The fraction of sp³-hybridized carbons (Fsp3) is 0.471. The number of likely N-dealkylation sites (N-methyl/N-ethyl adjacent to an activating group) is 1. The van der Waals surface area contributed by atoms with Gasteiger partial charge in [-0.25, -0.2) is 0 Å². The quantitative estimate of drug-likeness (QED) is 0.0484. The van der Waals surface area contributed by atoms with Gasteiger partial charge in [-0.05, 0) is 49.3 Å². The Morgan fingerprint density at radius 2 is 1.77 bits per heavy atom. The highest BCUT2D eigenvalue weighted by Crippen LogP contribution is 2.33. The van der Waals surface area contributed by atoms with Crippen LogP contribution in [0.3, 0.4) is 0 Å². The van der Waals surface area contributed by atoms with Gasteiger partial charge in [-0.1, -0.05) is 77.8 Å². The summed E-state index contributed by atoms with van der Waals surface area (Å²) in [7, 11) is 3.14. The highest BCUT2D eigenvalue weighted by atomic mass is 16.5. The number of carboxylic acid groups (broad SMARTS) is 1. The molecule has 9 heteroatoms. The van der Waals surface area contributed by atoms with E-state index in [0.29, 0.717) is 35.9 Å². The second kappa shape index (κ2) is 20.6. The minimum Gasteiger partial charge on any atom is -0.494 e. The number of hydrogen-bond acceptors (Lipinski definition) is 6. The van der Waals surface area contributed by atoms with Gasteiger partial charge in [0.15, 0.2) is 0 Å².